The summed E-state index contributed by atoms with van der Waals surface area (Å²) in [6.45, 7) is 3.35. The molecule has 0 saturated heterocycles. The van der Waals surface area contributed by atoms with Crippen molar-refractivity contribution in [3.63, 3.8) is 0 Å². The Morgan fingerprint density at radius 3 is 2.76 bits per heavy atom. The predicted octanol–water partition coefficient (Wildman–Crippen LogP) is 2.66. The Morgan fingerprint density at radius 2 is 2.14 bits per heavy atom. The summed E-state index contributed by atoms with van der Waals surface area (Å²) in [4.78, 5) is 12.1. The van der Waals surface area contributed by atoms with Crippen LogP contribution in [0.2, 0.25) is 5.02 Å². The van der Waals surface area contributed by atoms with Gasteiger partial charge in [-0.1, -0.05) is 37.8 Å². The molecule has 1 saturated carbocycles. The zero-order chi connectivity index (χ0) is 15.3. The van der Waals surface area contributed by atoms with Gasteiger partial charge in [-0.05, 0) is 19.3 Å². The van der Waals surface area contributed by atoms with Gasteiger partial charge < -0.3 is 10.4 Å². The summed E-state index contributed by atoms with van der Waals surface area (Å²) < 4.78 is 1.38. The van der Waals surface area contributed by atoms with Crippen molar-refractivity contribution in [2.45, 2.75) is 52.0 Å². The minimum Gasteiger partial charge on any atom is -0.396 e. The number of hydrogen-bond acceptors (Lipinski definition) is 4. The smallest absolute Gasteiger partial charge is 0.287 e. The molecule has 0 amide bonds. The largest absolute Gasteiger partial charge is 0.396 e. The van der Waals surface area contributed by atoms with E-state index in [0.29, 0.717) is 18.8 Å². The molecule has 2 N–H and O–H groups in total. The monoisotopic (exact) mass is 313 g/mol. The fourth-order valence-electron chi connectivity index (χ4n) is 2.93. The van der Waals surface area contributed by atoms with E-state index in [1.54, 1.807) is 6.20 Å². The maximum Gasteiger partial charge on any atom is 0.287 e. The Labute approximate surface area is 130 Å². The number of halogens is 1. The molecule has 0 aliphatic heterocycles. The van der Waals surface area contributed by atoms with Crippen molar-refractivity contribution in [3.05, 3.63) is 21.6 Å². The number of aliphatic hydroxyl groups is 1. The van der Waals surface area contributed by atoms with E-state index in [2.05, 4.69) is 10.4 Å². The number of rotatable bonds is 6. The van der Waals surface area contributed by atoms with Crippen LogP contribution in [0.1, 0.15) is 45.4 Å². The Hall–Kier alpha value is -1.07. The lowest BCUT2D eigenvalue weighted by Gasteiger charge is -2.36. The standard InChI is InChI=1S/C15H24ClN3O2/c1-2-8-19-14(21)13(16)12(9-18-19)17-10-15(11-20)6-4-3-5-7-15/h9,17,20H,2-8,10-11H2,1H3. The van der Waals surface area contributed by atoms with Gasteiger partial charge in [0.15, 0.2) is 0 Å². The van der Waals surface area contributed by atoms with Gasteiger partial charge in [0.1, 0.15) is 5.02 Å². The third kappa shape index (κ3) is 3.77. The van der Waals surface area contributed by atoms with Gasteiger partial charge in [-0.3, -0.25) is 4.79 Å². The van der Waals surface area contributed by atoms with Crippen molar-refractivity contribution in [3.8, 4) is 0 Å². The molecule has 6 heteroatoms. The fraction of sp³-hybridized carbons (Fsp3) is 0.733. The SMILES string of the molecule is CCCn1ncc(NCC2(CO)CCCCC2)c(Cl)c1=O. The Bertz CT molecular complexity index is 524. The molecule has 1 aromatic heterocycles. The normalized spacial score (nSPS) is 17.7. The van der Waals surface area contributed by atoms with Gasteiger partial charge in [-0.2, -0.15) is 5.10 Å². The van der Waals surface area contributed by atoms with Crippen molar-refractivity contribution in [2.75, 3.05) is 18.5 Å². The second-order valence-electron chi connectivity index (χ2n) is 5.97. The zero-order valence-corrected chi connectivity index (χ0v) is 13.3. The highest BCUT2D eigenvalue weighted by Gasteiger charge is 2.31. The fourth-order valence-corrected chi connectivity index (χ4v) is 3.15. The van der Waals surface area contributed by atoms with Crippen molar-refractivity contribution >= 4 is 17.3 Å². The molecule has 1 heterocycles. The molecule has 1 aromatic rings. The molecule has 0 bridgehead atoms. The second-order valence-corrected chi connectivity index (χ2v) is 6.35. The molecule has 1 fully saturated rings. The van der Waals surface area contributed by atoms with Crippen LogP contribution in [0.3, 0.4) is 0 Å². The van der Waals surface area contributed by atoms with Gasteiger partial charge in [0.2, 0.25) is 0 Å². The van der Waals surface area contributed by atoms with E-state index in [1.807, 2.05) is 6.92 Å². The zero-order valence-electron chi connectivity index (χ0n) is 12.6. The van der Waals surface area contributed by atoms with Crippen LogP contribution in [0.25, 0.3) is 0 Å². The Balaban J connectivity index is 2.09. The number of hydrogen-bond donors (Lipinski definition) is 2. The Kier molecular flexibility index (Phi) is 5.65. The first-order valence-electron chi connectivity index (χ1n) is 7.72. The molecule has 1 aliphatic rings. The van der Waals surface area contributed by atoms with Crippen molar-refractivity contribution < 1.29 is 5.11 Å². The first-order chi connectivity index (χ1) is 10.1. The number of nitrogens with zero attached hydrogens (tertiary/aromatic N) is 2. The van der Waals surface area contributed by atoms with E-state index in [9.17, 15) is 9.90 Å². The van der Waals surface area contributed by atoms with Crippen LogP contribution in [-0.2, 0) is 6.54 Å². The molecule has 2 rings (SSSR count). The molecule has 118 valence electrons. The first kappa shape index (κ1) is 16.3. The van der Waals surface area contributed by atoms with Gasteiger partial charge in [-0.15, -0.1) is 0 Å². The Morgan fingerprint density at radius 1 is 1.43 bits per heavy atom. The minimum absolute atomic E-state index is 0.0974. The van der Waals surface area contributed by atoms with Crippen molar-refractivity contribution in [2.24, 2.45) is 5.41 Å². The van der Waals surface area contributed by atoms with E-state index in [1.165, 1.54) is 11.1 Å². The summed E-state index contributed by atoms with van der Waals surface area (Å²) in [5.41, 5.74) is 0.206. The number of aryl methyl sites for hydroxylation is 1. The van der Waals surface area contributed by atoms with Gasteiger partial charge in [0.05, 0.1) is 18.5 Å². The average Bonchev–Trinajstić information content (AvgIpc) is 2.52. The van der Waals surface area contributed by atoms with Gasteiger partial charge in [-0.25, -0.2) is 4.68 Å². The summed E-state index contributed by atoms with van der Waals surface area (Å²) in [6.07, 6.45) is 7.98. The summed E-state index contributed by atoms with van der Waals surface area (Å²) in [5.74, 6) is 0. The van der Waals surface area contributed by atoms with E-state index >= 15 is 0 Å². The van der Waals surface area contributed by atoms with E-state index in [4.69, 9.17) is 11.6 Å². The number of nitrogens with one attached hydrogen (secondary N) is 1. The molecule has 0 aromatic carbocycles. The van der Waals surface area contributed by atoms with Gasteiger partial charge in [0, 0.05) is 18.5 Å². The molecule has 21 heavy (non-hydrogen) atoms. The minimum atomic E-state index is -0.259. The second kappa shape index (κ2) is 7.27. The van der Waals surface area contributed by atoms with Crippen LogP contribution in [0.4, 0.5) is 5.69 Å². The number of aliphatic hydroxyl groups excluding tert-OH is 1. The van der Waals surface area contributed by atoms with E-state index in [0.717, 1.165) is 32.1 Å². The first-order valence-corrected chi connectivity index (χ1v) is 8.10. The molecular weight excluding hydrogens is 290 g/mol. The molecule has 1 aliphatic carbocycles. The van der Waals surface area contributed by atoms with Gasteiger partial charge in [0.25, 0.3) is 5.56 Å². The van der Waals surface area contributed by atoms with Crippen LogP contribution < -0.4 is 10.9 Å². The number of anilines is 1. The van der Waals surface area contributed by atoms with Crippen LogP contribution >= 0.6 is 11.6 Å². The summed E-state index contributed by atoms with van der Waals surface area (Å²) >= 11 is 6.14. The summed E-state index contributed by atoms with van der Waals surface area (Å²) in [5, 5.41) is 17.2. The van der Waals surface area contributed by atoms with Crippen LogP contribution in [0, 0.1) is 5.41 Å². The topological polar surface area (TPSA) is 67.2 Å². The summed E-state index contributed by atoms with van der Waals surface area (Å²) in [7, 11) is 0. The lowest BCUT2D eigenvalue weighted by atomic mass is 9.74. The highest BCUT2D eigenvalue weighted by atomic mass is 35.5. The van der Waals surface area contributed by atoms with Crippen LogP contribution in [0.15, 0.2) is 11.0 Å². The highest BCUT2D eigenvalue weighted by Crippen LogP contribution is 2.36. The molecule has 0 atom stereocenters. The van der Waals surface area contributed by atoms with E-state index in [-0.39, 0.29) is 22.6 Å². The molecule has 0 radical (unpaired) electrons. The maximum absolute atomic E-state index is 12.1. The quantitative estimate of drug-likeness (QED) is 0.847. The van der Waals surface area contributed by atoms with E-state index < -0.39 is 0 Å². The third-order valence-corrected chi connectivity index (χ3v) is 4.69. The molecule has 0 unspecified atom stereocenters. The molecule has 5 nitrogen and oxygen atoms in total. The average molecular weight is 314 g/mol. The summed E-state index contributed by atoms with van der Waals surface area (Å²) in [6, 6.07) is 0. The highest BCUT2D eigenvalue weighted by molar-refractivity contribution is 6.32. The van der Waals surface area contributed by atoms with Crippen molar-refractivity contribution in [1.82, 2.24) is 9.78 Å². The number of aromatic nitrogens is 2. The molecular formula is C15H24ClN3O2. The molecule has 0 spiro atoms. The lowest BCUT2D eigenvalue weighted by Crippen LogP contribution is -2.36. The van der Waals surface area contributed by atoms with Crippen molar-refractivity contribution in [1.29, 1.82) is 0 Å². The van der Waals surface area contributed by atoms with Crippen LogP contribution in [0.5, 0.6) is 0 Å². The predicted molar refractivity (Wildman–Crippen MR) is 84.9 cm³/mol. The third-order valence-electron chi connectivity index (χ3n) is 4.32. The lowest BCUT2D eigenvalue weighted by molar-refractivity contribution is 0.0944. The van der Waals surface area contributed by atoms with Crippen LogP contribution in [-0.4, -0.2) is 28.0 Å². The van der Waals surface area contributed by atoms with Gasteiger partial charge >= 0.3 is 0 Å². The maximum atomic E-state index is 12.1.